The number of nitrogens with two attached hydrogens (primary N) is 1. The van der Waals surface area contributed by atoms with Crippen LogP contribution in [-0.4, -0.2) is 59.0 Å². The lowest BCUT2D eigenvalue weighted by Gasteiger charge is -2.63. The summed E-state index contributed by atoms with van der Waals surface area (Å²) in [6.07, 6.45) is 12.6. The number of fused-ring (bicyclic) bond motifs is 5. The summed E-state index contributed by atoms with van der Waals surface area (Å²) in [6.45, 7) is 8.55. The summed E-state index contributed by atoms with van der Waals surface area (Å²) in [5.41, 5.74) is 5.54. The van der Waals surface area contributed by atoms with Crippen molar-refractivity contribution in [2.75, 3.05) is 13.1 Å². The lowest BCUT2D eigenvalue weighted by molar-refractivity contribution is -0.207. The number of rotatable bonds is 11. The Kier molecular flexibility index (Phi) is 9.25. The molecular formula is C30H53N2O4. The lowest BCUT2D eigenvalue weighted by Crippen LogP contribution is -2.62. The molecule has 0 heterocycles. The highest BCUT2D eigenvalue weighted by molar-refractivity contribution is 5.58. The predicted octanol–water partition coefficient (Wildman–Crippen LogP) is 3.56. The van der Waals surface area contributed by atoms with Crippen LogP contribution >= 0.6 is 0 Å². The van der Waals surface area contributed by atoms with E-state index in [2.05, 4.69) is 32.4 Å². The van der Waals surface area contributed by atoms with Crippen molar-refractivity contribution in [2.45, 2.75) is 122 Å². The number of aliphatic hydroxyl groups excluding tert-OH is 3. The van der Waals surface area contributed by atoms with Crippen LogP contribution in [0.5, 0.6) is 0 Å². The second kappa shape index (κ2) is 11.7. The van der Waals surface area contributed by atoms with Gasteiger partial charge in [-0.2, -0.15) is 0 Å². The highest BCUT2D eigenvalue weighted by atomic mass is 16.3. The van der Waals surface area contributed by atoms with Crippen molar-refractivity contribution in [1.82, 2.24) is 5.32 Å². The first-order valence-corrected chi connectivity index (χ1v) is 15.0. The minimum atomic E-state index is -0.331. The van der Waals surface area contributed by atoms with Gasteiger partial charge in [-0.25, -0.2) is 0 Å². The minimum absolute atomic E-state index is 0.122. The van der Waals surface area contributed by atoms with Crippen molar-refractivity contribution in [3.05, 3.63) is 0 Å². The Bertz CT molecular complexity index is 736. The van der Waals surface area contributed by atoms with Crippen LogP contribution in [0.4, 0.5) is 0 Å². The Morgan fingerprint density at radius 2 is 1.78 bits per heavy atom. The standard InChI is InChI=1S/C30H53N2O4/c1-19(7-6-14-32-21(18-33)8-4-5-13-31)23-9-10-24-28-25(17-27(36)30(23,24)3)29(2)12-11-22(34)15-20(29)16-26(28)35/h19-28,32,34-36H,4-17,31H2,1-3H3/t19-,20+,21?,22-,23-,24+,25+,26-,27+,28+,29+,30-/m1/s1. The van der Waals surface area contributed by atoms with Crippen LogP contribution in [-0.2, 0) is 4.79 Å². The van der Waals surface area contributed by atoms with Gasteiger partial charge in [0.05, 0.1) is 24.4 Å². The number of hydrogen-bond acceptors (Lipinski definition) is 6. The SMILES string of the molecule is C[C@H](CCCNC([C]=O)CCCCN)[C@H]1CC[C@H]2[C@@H]3[C@H](O)C[C@@H]4C[C@H](O)CC[C@]4(C)[C@H]3C[C@H](O)[C@]12C. The molecule has 0 bridgehead atoms. The molecule has 0 aliphatic heterocycles. The van der Waals surface area contributed by atoms with E-state index in [1.165, 1.54) is 0 Å². The molecule has 6 N–H and O–H groups in total. The molecule has 0 saturated heterocycles. The van der Waals surface area contributed by atoms with Gasteiger partial charge in [0.25, 0.3) is 0 Å². The molecule has 4 fully saturated rings. The van der Waals surface area contributed by atoms with Crippen LogP contribution in [0.1, 0.15) is 97.8 Å². The summed E-state index contributed by atoms with van der Waals surface area (Å²) in [4.78, 5) is 11.3. The molecule has 0 aromatic rings. The zero-order valence-corrected chi connectivity index (χ0v) is 23.0. The van der Waals surface area contributed by atoms with E-state index >= 15 is 0 Å². The average Bonchev–Trinajstić information content (AvgIpc) is 3.21. The predicted molar refractivity (Wildman–Crippen MR) is 143 cm³/mol. The normalized spacial score (nSPS) is 45.9. The molecule has 6 nitrogen and oxygen atoms in total. The van der Waals surface area contributed by atoms with Gasteiger partial charge in [-0.15, -0.1) is 0 Å². The summed E-state index contributed by atoms with van der Waals surface area (Å²) in [6, 6.07) is -0.198. The van der Waals surface area contributed by atoms with Crippen LogP contribution in [0.2, 0.25) is 0 Å². The van der Waals surface area contributed by atoms with Crippen LogP contribution in [0.15, 0.2) is 0 Å². The largest absolute Gasteiger partial charge is 0.393 e. The van der Waals surface area contributed by atoms with E-state index in [-0.39, 0.29) is 41.1 Å². The van der Waals surface area contributed by atoms with Crippen molar-refractivity contribution in [2.24, 2.45) is 52.1 Å². The number of nitrogens with one attached hydrogen (secondary N) is 1. The van der Waals surface area contributed by atoms with Gasteiger partial charge in [-0.1, -0.05) is 27.2 Å². The molecule has 6 heteroatoms. The van der Waals surface area contributed by atoms with E-state index in [1.807, 2.05) is 0 Å². The molecule has 0 aromatic heterocycles. The van der Waals surface area contributed by atoms with Gasteiger partial charge in [0, 0.05) is 0 Å². The second-order valence-electron chi connectivity index (χ2n) is 13.6. The second-order valence-corrected chi connectivity index (χ2v) is 13.6. The number of carbonyl (C=O) groups excluding carboxylic acids is 1. The third-order valence-corrected chi connectivity index (χ3v) is 11.8. The number of unbranched alkanes of at least 4 members (excludes halogenated alkanes) is 1. The molecular weight excluding hydrogens is 452 g/mol. The Hall–Kier alpha value is -0.530. The zero-order chi connectivity index (χ0) is 26.1. The first kappa shape index (κ1) is 28.5. The first-order valence-electron chi connectivity index (χ1n) is 15.0. The van der Waals surface area contributed by atoms with E-state index in [0.29, 0.717) is 36.1 Å². The van der Waals surface area contributed by atoms with Crippen molar-refractivity contribution in [1.29, 1.82) is 0 Å². The van der Waals surface area contributed by atoms with Crippen LogP contribution < -0.4 is 11.1 Å². The van der Waals surface area contributed by atoms with Crippen LogP contribution in [0, 0.1) is 46.3 Å². The molecule has 4 saturated carbocycles. The van der Waals surface area contributed by atoms with Gasteiger partial charge >= 0.3 is 0 Å². The van der Waals surface area contributed by atoms with E-state index < -0.39 is 0 Å². The van der Waals surface area contributed by atoms with Gasteiger partial charge in [0.2, 0.25) is 6.29 Å². The molecule has 36 heavy (non-hydrogen) atoms. The highest BCUT2D eigenvalue weighted by Gasteiger charge is 2.65. The summed E-state index contributed by atoms with van der Waals surface area (Å²) in [5.74, 6) is 2.31. The number of hydrogen-bond donors (Lipinski definition) is 5. The fourth-order valence-corrected chi connectivity index (χ4v) is 9.73. The van der Waals surface area contributed by atoms with E-state index in [9.17, 15) is 20.1 Å². The molecule has 4 rings (SSSR count). The van der Waals surface area contributed by atoms with Crippen LogP contribution in [0.25, 0.3) is 0 Å². The Morgan fingerprint density at radius 3 is 2.50 bits per heavy atom. The molecule has 4 aliphatic rings. The minimum Gasteiger partial charge on any atom is -0.393 e. The first-order chi connectivity index (χ1) is 17.2. The molecule has 4 aliphatic carbocycles. The van der Waals surface area contributed by atoms with Crippen molar-refractivity contribution >= 4 is 6.29 Å². The van der Waals surface area contributed by atoms with E-state index in [4.69, 9.17) is 5.73 Å². The maximum absolute atomic E-state index is 11.7. The third kappa shape index (κ3) is 5.19. The van der Waals surface area contributed by atoms with Crippen molar-refractivity contribution in [3.8, 4) is 0 Å². The molecule has 0 aromatic carbocycles. The van der Waals surface area contributed by atoms with Gasteiger partial charge in [0.1, 0.15) is 0 Å². The Balaban J connectivity index is 1.38. The molecule has 0 amide bonds. The van der Waals surface area contributed by atoms with Gasteiger partial charge in [-0.3, -0.25) is 4.79 Å². The Labute approximate surface area is 219 Å². The maximum atomic E-state index is 11.7. The topological polar surface area (TPSA) is 116 Å². The van der Waals surface area contributed by atoms with Crippen LogP contribution in [0.3, 0.4) is 0 Å². The number of aliphatic hydroxyl groups is 3. The summed E-state index contributed by atoms with van der Waals surface area (Å²) >= 11 is 0. The molecule has 1 unspecified atom stereocenters. The van der Waals surface area contributed by atoms with Crippen molar-refractivity contribution < 1.29 is 20.1 Å². The fraction of sp³-hybridized carbons (Fsp3) is 0.967. The highest BCUT2D eigenvalue weighted by Crippen LogP contribution is 2.68. The van der Waals surface area contributed by atoms with Gasteiger partial charge in [-0.05, 0) is 130 Å². The van der Waals surface area contributed by atoms with E-state index in [1.54, 1.807) is 0 Å². The van der Waals surface area contributed by atoms with Crippen molar-refractivity contribution in [3.63, 3.8) is 0 Å². The average molecular weight is 506 g/mol. The molecule has 207 valence electrons. The monoisotopic (exact) mass is 505 g/mol. The summed E-state index contributed by atoms with van der Waals surface area (Å²) in [7, 11) is 0. The van der Waals surface area contributed by atoms with Gasteiger partial charge < -0.3 is 26.4 Å². The zero-order valence-electron chi connectivity index (χ0n) is 23.0. The smallest absolute Gasteiger partial charge is 0.216 e. The maximum Gasteiger partial charge on any atom is 0.216 e. The van der Waals surface area contributed by atoms with Gasteiger partial charge in [0.15, 0.2) is 0 Å². The molecule has 1 radical (unpaired) electrons. The third-order valence-electron chi connectivity index (χ3n) is 11.8. The lowest BCUT2D eigenvalue weighted by atomic mass is 9.43. The molecule has 12 atom stereocenters. The summed E-state index contributed by atoms with van der Waals surface area (Å²) in [5, 5.41) is 36.8. The Morgan fingerprint density at radius 1 is 1.00 bits per heavy atom. The van der Waals surface area contributed by atoms with E-state index in [0.717, 1.165) is 83.6 Å². The molecule has 0 spiro atoms. The summed E-state index contributed by atoms with van der Waals surface area (Å²) < 4.78 is 0. The fourth-order valence-electron chi connectivity index (χ4n) is 9.73. The quantitative estimate of drug-likeness (QED) is 0.274.